The van der Waals surface area contributed by atoms with Crippen LogP contribution in [0.5, 0.6) is 0 Å². The zero-order valence-electron chi connectivity index (χ0n) is 14.4. The molecule has 1 fully saturated rings. The van der Waals surface area contributed by atoms with E-state index in [-0.39, 0.29) is 24.9 Å². The Bertz CT molecular complexity index is 425. The Labute approximate surface area is 137 Å². The van der Waals surface area contributed by atoms with Gasteiger partial charge in [0.05, 0.1) is 6.42 Å². The van der Waals surface area contributed by atoms with Crippen molar-refractivity contribution in [2.45, 2.75) is 77.5 Å². The highest BCUT2D eigenvalue weighted by Gasteiger charge is 2.23. The molecule has 7 heteroatoms. The standard InChI is InChI=1S/C16H28N2O5/c1-11(14(20)18-12-7-5-6-8-12)22-13(19)9-10-17-15(21)23-16(2,3)4/h11-12H,5-10H2,1-4H3,(H,17,21)(H,18,20). The third kappa shape index (κ3) is 8.42. The highest BCUT2D eigenvalue weighted by Crippen LogP contribution is 2.17. The average molecular weight is 328 g/mol. The average Bonchev–Trinajstić information content (AvgIpc) is 2.89. The Kier molecular flexibility index (Phi) is 7.32. The molecule has 1 atom stereocenters. The molecule has 0 spiro atoms. The lowest BCUT2D eigenvalue weighted by Gasteiger charge is -2.19. The first-order valence-electron chi connectivity index (χ1n) is 8.14. The molecule has 2 amide bonds. The first kappa shape index (κ1) is 19.3. The van der Waals surface area contributed by atoms with E-state index in [9.17, 15) is 14.4 Å². The number of hydrogen-bond donors (Lipinski definition) is 2. The van der Waals surface area contributed by atoms with Gasteiger partial charge in [-0.2, -0.15) is 0 Å². The molecule has 23 heavy (non-hydrogen) atoms. The van der Waals surface area contributed by atoms with Crippen LogP contribution in [0.15, 0.2) is 0 Å². The van der Waals surface area contributed by atoms with Gasteiger partial charge in [0.25, 0.3) is 5.91 Å². The predicted molar refractivity (Wildman–Crippen MR) is 84.8 cm³/mol. The fourth-order valence-corrected chi connectivity index (χ4v) is 2.28. The van der Waals surface area contributed by atoms with Crippen LogP contribution in [-0.2, 0) is 19.1 Å². The van der Waals surface area contributed by atoms with Crippen molar-refractivity contribution in [3.63, 3.8) is 0 Å². The normalized spacial score (nSPS) is 16.5. The third-order valence-corrected chi connectivity index (χ3v) is 3.38. The number of esters is 1. The van der Waals surface area contributed by atoms with E-state index in [0.717, 1.165) is 25.7 Å². The quantitative estimate of drug-likeness (QED) is 0.726. The van der Waals surface area contributed by atoms with E-state index < -0.39 is 23.8 Å². The fourth-order valence-electron chi connectivity index (χ4n) is 2.28. The van der Waals surface area contributed by atoms with Gasteiger partial charge in [0.1, 0.15) is 5.60 Å². The van der Waals surface area contributed by atoms with Gasteiger partial charge in [-0.25, -0.2) is 4.79 Å². The van der Waals surface area contributed by atoms with E-state index in [0.29, 0.717) is 0 Å². The van der Waals surface area contributed by atoms with Gasteiger partial charge in [0.2, 0.25) is 0 Å². The zero-order chi connectivity index (χ0) is 17.5. The monoisotopic (exact) mass is 328 g/mol. The number of carbonyl (C=O) groups is 3. The van der Waals surface area contributed by atoms with Crippen molar-refractivity contribution in [3.8, 4) is 0 Å². The van der Waals surface area contributed by atoms with Crippen LogP contribution in [0.2, 0.25) is 0 Å². The van der Waals surface area contributed by atoms with Crippen molar-refractivity contribution < 1.29 is 23.9 Å². The molecule has 0 aliphatic heterocycles. The maximum atomic E-state index is 11.9. The summed E-state index contributed by atoms with van der Waals surface area (Å²) in [6.45, 7) is 6.91. The Hall–Kier alpha value is -1.79. The molecule has 1 saturated carbocycles. The van der Waals surface area contributed by atoms with Crippen LogP contribution in [0.3, 0.4) is 0 Å². The Morgan fingerprint density at radius 1 is 1.17 bits per heavy atom. The van der Waals surface area contributed by atoms with Crippen molar-refractivity contribution in [1.29, 1.82) is 0 Å². The summed E-state index contributed by atoms with van der Waals surface area (Å²) in [5.41, 5.74) is -0.586. The van der Waals surface area contributed by atoms with Crippen LogP contribution >= 0.6 is 0 Å². The molecule has 1 aliphatic carbocycles. The Morgan fingerprint density at radius 2 is 1.78 bits per heavy atom. The van der Waals surface area contributed by atoms with Crippen molar-refractivity contribution in [2.24, 2.45) is 0 Å². The second kappa shape index (κ2) is 8.74. The Morgan fingerprint density at radius 3 is 2.35 bits per heavy atom. The van der Waals surface area contributed by atoms with E-state index in [1.165, 1.54) is 0 Å². The van der Waals surface area contributed by atoms with Crippen molar-refractivity contribution in [1.82, 2.24) is 10.6 Å². The molecular weight excluding hydrogens is 300 g/mol. The minimum atomic E-state index is -0.829. The summed E-state index contributed by atoms with van der Waals surface area (Å²) in [6.07, 6.45) is 2.77. The van der Waals surface area contributed by atoms with Crippen LogP contribution < -0.4 is 10.6 Å². The molecule has 0 heterocycles. The number of rotatable bonds is 6. The van der Waals surface area contributed by atoms with Crippen molar-refractivity contribution >= 4 is 18.0 Å². The zero-order valence-corrected chi connectivity index (χ0v) is 14.4. The van der Waals surface area contributed by atoms with Crippen molar-refractivity contribution in [3.05, 3.63) is 0 Å². The Balaban J connectivity index is 2.19. The van der Waals surface area contributed by atoms with Gasteiger partial charge in [-0.1, -0.05) is 12.8 Å². The molecule has 0 bridgehead atoms. The molecule has 1 aliphatic rings. The van der Waals surface area contributed by atoms with Crippen LogP contribution in [0, 0.1) is 0 Å². The number of amides is 2. The highest BCUT2D eigenvalue weighted by molar-refractivity contribution is 5.83. The first-order chi connectivity index (χ1) is 10.7. The van der Waals surface area contributed by atoms with Gasteiger partial charge >= 0.3 is 12.1 Å². The molecule has 7 nitrogen and oxygen atoms in total. The number of hydrogen-bond acceptors (Lipinski definition) is 5. The predicted octanol–water partition coefficient (Wildman–Crippen LogP) is 1.89. The fraction of sp³-hybridized carbons (Fsp3) is 0.812. The van der Waals surface area contributed by atoms with Gasteiger partial charge in [0.15, 0.2) is 6.10 Å². The second-order valence-electron chi connectivity index (χ2n) is 6.80. The van der Waals surface area contributed by atoms with E-state index in [2.05, 4.69) is 10.6 Å². The van der Waals surface area contributed by atoms with E-state index >= 15 is 0 Å². The molecule has 132 valence electrons. The highest BCUT2D eigenvalue weighted by atomic mass is 16.6. The van der Waals surface area contributed by atoms with Crippen LogP contribution in [0.1, 0.15) is 59.8 Å². The third-order valence-electron chi connectivity index (χ3n) is 3.38. The van der Waals surface area contributed by atoms with Crippen molar-refractivity contribution in [2.75, 3.05) is 6.54 Å². The molecular formula is C16H28N2O5. The van der Waals surface area contributed by atoms with E-state index in [4.69, 9.17) is 9.47 Å². The topological polar surface area (TPSA) is 93.7 Å². The summed E-state index contributed by atoms with van der Waals surface area (Å²) in [6, 6.07) is 0.192. The van der Waals surface area contributed by atoms with Gasteiger partial charge < -0.3 is 20.1 Å². The maximum absolute atomic E-state index is 11.9. The summed E-state index contributed by atoms with van der Waals surface area (Å²) in [5, 5.41) is 5.35. The summed E-state index contributed by atoms with van der Waals surface area (Å²) in [5.74, 6) is -0.805. The molecule has 0 radical (unpaired) electrons. The van der Waals surface area contributed by atoms with Gasteiger partial charge in [-0.3, -0.25) is 9.59 Å². The lowest BCUT2D eigenvalue weighted by molar-refractivity contribution is -0.154. The SMILES string of the molecule is CC(OC(=O)CCNC(=O)OC(C)(C)C)C(=O)NC1CCCC1. The maximum Gasteiger partial charge on any atom is 0.407 e. The lowest BCUT2D eigenvalue weighted by atomic mass is 10.2. The molecule has 0 aromatic rings. The molecule has 2 N–H and O–H groups in total. The van der Waals surface area contributed by atoms with Crippen LogP contribution in [-0.4, -0.2) is 42.3 Å². The summed E-state index contributed by atoms with van der Waals surface area (Å²) in [7, 11) is 0. The van der Waals surface area contributed by atoms with E-state index in [1.54, 1.807) is 27.7 Å². The minimum absolute atomic E-state index is 0.0136. The summed E-state index contributed by atoms with van der Waals surface area (Å²) < 4.78 is 10.1. The number of nitrogens with one attached hydrogen (secondary N) is 2. The van der Waals surface area contributed by atoms with Gasteiger partial charge in [-0.05, 0) is 40.5 Å². The first-order valence-corrected chi connectivity index (χ1v) is 8.14. The number of ether oxygens (including phenoxy) is 2. The van der Waals surface area contributed by atoms with Gasteiger partial charge in [-0.15, -0.1) is 0 Å². The molecule has 1 unspecified atom stereocenters. The largest absolute Gasteiger partial charge is 0.452 e. The second-order valence-corrected chi connectivity index (χ2v) is 6.80. The molecule has 0 aromatic carbocycles. The lowest BCUT2D eigenvalue weighted by Crippen LogP contribution is -2.41. The molecule has 1 rings (SSSR count). The molecule has 0 aromatic heterocycles. The number of alkyl carbamates (subject to hydrolysis) is 1. The molecule has 0 saturated heterocycles. The van der Waals surface area contributed by atoms with E-state index in [1.807, 2.05) is 0 Å². The smallest absolute Gasteiger partial charge is 0.407 e. The van der Waals surface area contributed by atoms with Crippen LogP contribution in [0.25, 0.3) is 0 Å². The van der Waals surface area contributed by atoms with Gasteiger partial charge in [0, 0.05) is 12.6 Å². The number of carbonyl (C=O) groups excluding carboxylic acids is 3. The summed E-state index contributed by atoms with van der Waals surface area (Å²) in [4.78, 5) is 35.0. The summed E-state index contributed by atoms with van der Waals surface area (Å²) >= 11 is 0. The van der Waals surface area contributed by atoms with Crippen LogP contribution in [0.4, 0.5) is 4.79 Å². The minimum Gasteiger partial charge on any atom is -0.452 e.